The first-order valence-corrected chi connectivity index (χ1v) is 7.30. The van der Waals surface area contributed by atoms with Crippen LogP contribution in [0.2, 0.25) is 0 Å². The van der Waals surface area contributed by atoms with Gasteiger partial charge < -0.3 is 10.6 Å². The van der Waals surface area contributed by atoms with Crippen LogP contribution in [0.4, 0.5) is 0 Å². The fraction of sp³-hybridized carbons (Fsp3) is 0.562. The summed E-state index contributed by atoms with van der Waals surface area (Å²) in [5, 5.41) is 6.62. The van der Waals surface area contributed by atoms with Crippen LogP contribution in [0.25, 0.3) is 0 Å². The van der Waals surface area contributed by atoms with E-state index in [0.717, 1.165) is 18.9 Å². The SMILES string of the molecule is Cc1ccccc1C1CC(NC2CCC(=O)NC2)C1. The summed E-state index contributed by atoms with van der Waals surface area (Å²) in [6.45, 7) is 3.00. The first-order valence-electron chi connectivity index (χ1n) is 7.30. The van der Waals surface area contributed by atoms with Crippen LogP contribution in [-0.4, -0.2) is 24.5 Å². The first kappa shape index (κ1) is 12.7. The lowest BCUT2D eigenvalue weighted by Gasteiger charge is -2.40. The fourth-order valence-corrected chi connectivity index (χ4v) is 3.26. The van der Waals surface area contributed by atoms with E-state index in [4.69, 9.17) is 0 Å². The Morgan fingerprint density at radius 3 is 2.68 bits per heavy atom. The van der Waals surface area contributed by atoms with Gasteiger partial charge in [-0.15, -0.1) is 0 Å². The Morgan fingerprint density at radius 2 is 2.00 bits per heavy atom. The molecule has 2 fully saturated rings. The third kappa shape index (κ3) is 2.81. The van der Waals surface area contributed by atoms with E-state index in [-0.39, 0.29) is 5.91 Å². The van der Waals surface area contributed by atoms with E-state index in [2.05, 4.69) is 41.8 Å². The van der Waals surface area contributed by atoms with E-state index in [9.17, 15) is 4.79 Å². The molecule has 0 radical (unpaired) electrons. The Morgan fingerprint density at radius 1 is 1.21 bits per heavy atom. The molecule has 1 unspecified atom stereocenters. The molecular formula is C16H22N2O. The van der Waals surface area contributed by atoms with Gasteiger partial charge in [-0.05, 0) is 43.2 Å². The number of benzene rings is 1. The van der Waals surface area contributed by atoms with Gasteiger partial charge in [-0.25, -0.2) is 0 Å². The van der Waals surface area contributed by atoms with Gasteiger partial charge in [-0.2, -0.15) is 0 Å². The van der Waals surface area contributed by atoms with Crippen LogP contribution in [0.15, 0.2) is 24.3 Å². The molecular weight excluding hydrogens is 236 g/mol. The van der Waals surface area contributed by atoms with E-state index >= 15 is 0 Å². The molecule has 3 rings (SSSR count). The number of hydrogen-bond donors (Lipinski definition) is 2. The Labute approximate surface area is 114 Å². The van der Waals surface area contributed by atoms with Crippen molar-refractivity contribution >= 4 is 5.91 Å². The van der Waals surface area contributed by atoms with Gasteiger partial charge in [0.15, 0.2) is 0 Å². The molecule has 1 saturated heterocycles. The molecule has 0 bridgehead atoms. The highest BCUT2D eigenvalue weighted by atomic mass is 16.1. The van der Waals surface area contributed by atoms with Gasteiger partial charge in [0.25, 0.3) is 0 Å². The van der Waals surface area contributed by atoms with Gasteiger partial charge in [-0.1, -0.05) is 24.3 Å². The maximum atomic E-state index is 11.1. The summed E-state index contributed by atoms with van der Waals surface area (Å²) < 4.78 is 0. The van der Waals surface area contributed by atoms with E-state index in [1.54, 1.807) is 0 Å². The molecule has 19 heavy (non-hydrogen) atoms. The van der Waals surface area contributed by atoms with E-state index in [1.807, 2.05) is 0 Å². The lowest BCUT2D eigenvalue weighted by Crippen LogP contribution is -2.52. The first-order chi connectivity index (χ1) is 9.22. The van der Waals surface area contributed by atoms with E-state index in [0.29, 0.717) is 18.5 Å². The van der Waals surface area contributed by atoms with Crippen molar-refractivity contribution in [2.75, 3.05) is 6.54 Å². The van der Waals surface area contributed by atoms with Crippen molar-refractivity contribution in [2.45, 2.75) is 50.6 Å². The van der Waals surface area contributed by atoms with Crippen LogP contribution < -0.4 is 10.6 Å². The minimum atomic E-state index is 0.199. The van der Waals surface area contributed by atoms with E-state index < -0.39 is 0 Å². The predicted octanol–water partition coefficient (Wildman–Crippen LogP) is 2.11. The average molecular weight is 258 g/mol. The lowest BCUT2D eigenvalue weighted by atomic mass is 9.74. The van der Waals surface area contributed by atoms with Crippen LogP contribution in [0.1, 0.15) is 42.7 Å². The quantitative estimate of drug-likeness (QED) is 0.872. The number of hydrogen-bond acceptors (Lipinski definition) is 2. The van der Waals surface area contributed by atoms with Crippen molar-refractivity contribution in [3.63, 3.8) is 0 Å². The molecule has 1 aliphatic heterocycles. The Kier molecular flexibility index (Phi) is 3.56. The Bertz CT molecular complexity index is 456. The van der Waals surface area contributed by atoms with Gasteiger partial charge in [0.05, 0.1) is 0 Å². The molecule has 1 heterocycles. The summed E-state index contributed by atoms with van der Waals surface area (Å²) in [6, 6.07) is 9.81. The minimum Gasteiger partial charge on any atom is -0.355 e. The molecule has 102 valence electrons. The second kappa shape index (κ2) is 5.33. The third-order valence-electron chi connectivity index (χ3n) is 4.50. The summed E-state index contributed by atoms with van der Waals surface area (Å²) in [5.41, 5.74) is 2.92. The lowest BCUT2D eigenvalue weighted by molar-refractivity contribution is -0.122. The maximum absolute atomic E-state index is 11.1. The van der Waals surface area contributed by atoms with Crippen LogP contribution in [0.5, 0.6) is 0 Å². The summed E-state index contributed by atoms with van der Waals surface area (Å²) in [4.78, 5) is 11.1. The molecule has 1 saturated carbocycles. The molecule has 1 aromatic carbocycles. The maximum Gasteiger partial charge on any atom is 0.220 e. The van der Waals surface area contributed by atoms with Crippen molar-refractivity contribution in [3.05, 3.63) is 35.4 Å². The molecule has 0 aromatic heterocycles. The van der Waals surface area contributed by atoms with Crippen molar-refractivity contribution in [3.8, 4) is 0 Å². The number of amides is 1. The molecule has 2 N–H and O–H groups in total. The zero-order valence-corrected chi connectivity index (χ0v) is 11.5. The highest BCUT2D eigenvalue weighted by Gasteiger charge is 2.32. The van der Waals surface area contributed by atoms with Gasteiger partial charge >= 0.3 is 0 Å². The van der Waals surface area contributed by atoms with Crippen LogP contribution in [-0.2, 0) is 4.79 Å². The Balaban J connectivity index is 1.48. The topological polar surface area (TPSA) is 41.1 Å². The zero-order chi connectivity index (χ0) is 13.2. The predicted molar refractivity (Wildman–Crippen MR) is 76.1 cm³/mol. The van der Waals surface area contributed by atoms with Crippen LogP contribution in [0.3, 0.4) is 0 Å². The number of carbonyl (C=O) groups excluding carboxylic acids is 1. The van der Waals surface area contributed by atoms with Gasteiger partial charge in [0.2, 0.25) is 5.91 Å². The minimum absolute atomic E-state index is 0.199. The summed E-state index contributed by atoms with van der Waals surface area (Å²) in [7, 11) is 0. The average Bonchev–Trinajstić information content (AvgIpc) is 2.37. The number of rotatable bonds is 3. The summed E-state index contributed by atoms with van der Waals surface area (Å²) in [5.74, 6) is 0.918. The van der Waals surface area contributed by atoms with Crippen LogP contribution in [0, 0.1) is 6.92 Å². The van der Waals surface area contributed by atoms with Crippen LogP contribution >= 0.6 is 0 Å². The number of piperidine rings is 1. The highest BCUT2D eigenvalue weighted by molar-refractivity contribution is 5.76. The highest BCUT2D eigenvalue weighted by Crippen LogP contribution is 2.38. The Hall–Kier alpha value is -1.35. The van der Waals surface area contributed by atoms with Gasteiger partial charge in [0, 0.05) is 25.0 Å². The third-order valence-corrected chi connectivity index (χ3v) is 4.50. The number of nitrogens with one attached hydrogen (secondary N) is 2. The molecule has 1 aliphatic carbocycles. The second-order valence-electron chi connectivity index (χ2n) is 5.93. The summed E-state index contributed by atoms with van der Waals surface area (Å²) >= 11 is 0. The van der Waals surface area contributed by atoms with Crippen molar-refractivity contribution in [2.24, 2.45) is 0 Å². The molecule has 3 heteroatoms. The molecule has 0 spiro atoms. The van der Waals surface area contributed by atoms with Crippen molar-refractivity contribution in [1.29, 1.82) is 0 Å². The van der Waals surface area contributed by atoms with Gasteiger partial charge in [-0.3, -0.25) is 4.79 Å². The molecule has 2 aliphatic rings. The summed E-state index contributed by atoms with van der Waals surface area (Å²) in [6.07, 6.45) is 4.12. The number of carbonyl (C=O) groups is 1. The molecule has 1 atom stereocenters. The fourth-order valence-electron chi connectivity index (χ4n) is 3.26. The zero-order valence-electron chi connectivity index (χ0n) is 11.5. The van der Waals surface area contributed by atoms with E-state index in [1.165, 1.54) is 24.0 Å². The largest absolute Gasteiger partial charge is 0.355 e. The smallest absolute Gasteiger partial charge is 0.220 e. The molecule has 1 aromatic rings. The monoisotopic (exact) mass is 258 g/mol. The normalized spacial score (nSPS) is 30.6. The standard InChI is InChI=1S/C16H22N2O/c1-11-4-2-3-5-15(11)12-8-14(9-12)18-13-6-7-16(19)17-10-13/h2-5,12-14,18H,6-10H2,1H3,(H,17,19). The second-order valence-corrected chi connectivity index (χ2v) is 5.93. The van der Waals surface area contributed by atoms with Crippen molar-refractivity contribution in [1.82, 2.24) is 10.6 Å². The van der Waals surface area contributed by atoms with Gasteiger partial charge in [0.1, 0.15) is 0 Å². The molecule has 1 amide bonds. The number of aryl methyl sites for hydroxylation is 1. The van der Waals surface area contributed by atoms with Crippen molar-refractivity contribution < 1.29 is 4.79 Å². The molecule has 3 nitrogen and oxygen atoms in total.